The van der Waals surface area contributed by atoms with Gasteiger partial charge in [-0.15, -0.1) is 0 Å². The highest BCUT2D eigenvalue weighted by atomic mass is 16.6. The molecule has 0 radical (unpaired) electrons. The third kappa shape index (κ3) is 5.84. The van der Waals surface area contributed by atoms with Gasteiger partial charge in [-0.3, -0.25) is 9.59 Å². The molecular formula is C37H51NO12. The number of alkyl carbamates (subject to hydrolysis) is 1. The van der Waals surface area contributed by atoms with Gasteiger partial charge in [0.25, 0.3) is 0 Å². The van der Waals surface area contributed by atoms with Crippen molar-refractivity contribution >= 4 is 23.8 Å². The third-order valence-electron chi connectivity index (χ3n) is 12.0. The summed E-state index contributed by atoms with van der Waals surface area (Å²) in [6.45, 7) is 12.0. The van der Waals surface area contributed by atoms with Crippen molar-refractivity contribution in [3.8, 4) is 0 Å². The number of nitrogens with one attached hydrogen (secondary N) is 1. The predicted molar refractivity (Wildman–Crippen MR) is 177 cm³/mol. The van der Waals surface area contributed by atoms with Crippen molar-refractivity contribution in [2.24, 2.45) is 23.2 Å². The van der Waals surface area contributed by atoms with E-state index in [9.17, 15) is 44.7 Å². The minimum atomic E-state index is -2.27. The molecular weight excluding hydrogens is 650 g/mol. The van der Waals surface area contributed by atoms with Crippen molar-refractivity contribution in [2.45, 2.75) is 134 Å². The Balaban J connectivity index is 1.56. The molecule has 0 aliphatic heterocycles. The van der Waals surface area contributed by atoms with E-state index in [0.717, 1.165) is 0 Å². The van der Waals surface area contributed by atoms with E-state index in [2.05, 4.69) is 5.32 Å². The van der Waals surface area contributed by atoms with Crippen LogP contribution >= 0.6 is 0 Å². The van der Waals surface area contributed by atoms with Gasteiger partial charge in [-0.05, 0) is 77.5 Å². The standard InChI is InChI=1S/C37H51NO12/c1-18-23(48-30(44)28(42)26(21-12-10-9-11-13-21)38-32(45)50-33(4,5)6)17-37(47)19(2)25(18)27(41)29(43)34(7)24(40)16-22-14-15-36(22,49-20(3)39)31(34)35(37,8)46/h9-13,19,22-24,26-28,31,40-42,46-47H,14-17H2,1-8H3,(H,38,45)/t19-,22-,23+,24+,26+,27-,28-,31-,34+,35-,36+,37+/m1/s1. The zero-order chi connectivity index (χ0) is 37.4. The second kappa shape index (κ2) is 12.7. The van der Waals surface area contributed by atoms with Gasteiger partial charge >= 0.3 is 18.0 Å². The molecule has 6 N–H and O–H groups in total. The van der Waals surface area contributed by atoms with Crippen molar-refractivity contribution < 1.29 is 58.9 Å². The molecule has 0 spiro atoms. The minimum Gasteiger partial charge on any atom is -0.459 e. The number of amides is 1. The first-order chi connectivity index (χ1) is 23.0. The van der Waals surface area contributed by atoms with E-state index < -0.39 is 106 Å². The maximum atomic E-state index is 14.5. The molecule has 3 saturated carbocycles. The first-order valence-corrected chi connectivity index (χ1v) is 17.2. The molecule has 50 heavy (non-hydrogen) atoms. The average Bonchev–Trinajstić information content (AvgIpc) is 3.01. The van der Waals surface area contributed by atoms with E-state index in [1.165, 1.54) is 27.7 Å². The van der Waals surface area contributed by atoms with Gasteiger partial charge in [0.05, 0.1) is 23.2 Å². The molecule has 0 heterocycles. The number of aliphatic hydroxyl groups excluding tert-OH is 3. The fraction of sp³-hybridized carbons (Fsp3) is 0.676. The molecule has 0 aromatic heterocycles. The largest absolute Gasteiger partial charge is 0.459 e. The monoisotopic (exact) mass is 701 g/mol. The van der Waals surface area contributed by atoms with E-state index >= 15 is 0 Å². The van der Waals surface area contributed by atoms with Crippen LogP contribution < -0.4 is 5.32 Å². The number of hydrogen-bond acceptors (Lipinski definition) is 12. The number of ketones is 1. The van der Waals surface area contributed by atoms with E-state index in [0.29, 0.717) is 12.0 Å². The van der Waals surface area contributed by atoms with Gasteiger partial charge in [-0.1, -0.05) is 37.3 Å². The van der Waals surface area contributed by atoms with Gasteiger partial charge in [-0.2, -0.15) is 0 Å². The lowest BCUT2D eigenvalue weighted by atomic mass is 9.39. The van der Waals surface area contributed by atoms with Crippen molar-refractivity contribution in [2.75, 3.05) is 0 Å². The molecule has 1 aromatic rings. The summed E-state index contributed by atoms with van der Waals surface area (Å²) in [5.74, 6) is -5.54. The van der Waals surface area contributed by atoms with Crippen LogP contribution in [-0.2, 0) is 28.6 Å². The molecule has 13 heteroatoms. The summed E-state index contributed by atoms with van der Waals surface area (Å²) >= 11 is 0. The Bertz CT molecular complexity index is 1570. The highest BCUT2D eigenvalue weighted by molar-refractivity contribution is 5.93. The molecule has 1 amide bonds. The summed E-state index contributed by atoms with van der Waals surface area (Å²) in [5, 5.41) is 62.7. The number of Topliss-reactive ketones (excluding diaryl/α,β-unsaturated/α-hetero) is 1. The molecule has 12 atom stereocenters. The van der Waals surface area contributed by atoms with Crippen LogP contribution in [0.2, 0.25) is 0 Å². The van der Waals surface area contributed by atoms with Gasteiger partial charge in [0.15, 0.2) is 11.9 Å². The number of hydrogen-bond donors (Lipinski definition) is 6. The maximum Gasteiger partial charge on any atom is 0.408 e. The predicted octanol–water partition coefficient (Wildman–Crippen LogP) is 2.41. The smallest absolute Gasteiger partial charge is 0.408 e. The maximum absolute atomic E-state index is 14.5. The fourth-order valence-electron chi connectivity index (χ4n) is 9.47. The Kier molecular flexibility index (Phi) is 9.62. The Morgan fingerprint density at radius 1 is 1.06 bits per heavy atom. The molecule has 4 aliphatic carbocycles. The van der Waals surface area contributed by atoms with Gasteiger partial charge in [0, 0.05) is 31.1 Å². The van der Waals surface area contributed by atoms with Crippen LogP contribution in [0.3, 0.4) is 0 Å². The number of carbonyl (C=O) groups is 4. The summed E-state index contributed by atoms with van der Waals surface area (Å²) in [7, 11) is 0. The molecule has 5 rings (SSSR count). The highest BCUT2D eigenvalue weighted by Crippen LogP contribution is 2.67. The van der Waals surface area contributed by atoms with Gasteiger partial charge < -0.3 is 45.1 Å². The molecule has 276 valence electrons. The lowest BCUT2D eigenvalue weighted by Crippen LogP contribution is -2.80. The van der Waals surface area contributed by atoms with Crippen LogP contribution in [0, 0.1) is 23.2 Å². The molecule has 4 aliphatic rings. The second-order valence-corrected chi connectivity index (χ2v) is 16.1. The minimum absolute atomic E-state index is 0.00643. The lowest BCUT2D eigenvalue weighted by Gasteiger charge is -2.69. The van der Waals surface area contributed by atoms with Crippen molar-refractivity contribution in [1.82, 2.24) is 5.32 Å². The van der Waals surface area contributed by atoms with Crippen LogP contribution in [0.1, 0.15) is 92.7 Å². The van der Waals surface area contributed by atoms with Crippen molar-refractivity contribution in [3.63, 3.8) is 0 Å². The zero-order valence-electron chi connectivity index (χ0n) is 29.9. The quantitative estimate of drug-likeness (QED) is 0.144. The van der Waals surface area contributed by atoms with Crippen molar-refractivity contribution in [3.05, 3.63) is 47.0 Å². The normalized spacial score (nSPS) is 39.3. The fourth-order valence-corrected chi connectivity index (χ4v) is 9.47. The van der Waals surface area contributed by atoms with Gasteiger partial charge in [-0.25, -0.2) is 9.59 Å². The number of benzene rings is 1. The summed E-state index contributed by atoms with van der Waals surface area (Å²) in [4.78, 5) is 53.5. The van der Waals surface area contributed by atoms with E-state index in [4.69, 9.17) is 14.2 Å². The van der Waals surface area contributed by atoms with Crippen LogP contribution in [-0.4, -0.2) is 96.2 Å². The Hall–Kier alpha value is -3.36. The molecule has 0 saturated heterocycles. The molecule has 3 fully saturated rings. The molecule has 13 nitrogen and oxygen atoms in total. The number of carbonyl (C=O) groups excluding carboxylic acids is 4. The summed E-state index contributed by atoms with van der Waals surface area (Å²) in [6.07, 6.45) is -7.03. The number of aliphatic hydroxyl groups is 5. The van der Waals surface area contributed by atoms with Gasteiger partial charge in [0.2, 0.25) is 0 Å². The Morgan fingerprint density at radius 2 is 1.68 bits per heavy atom. The SMILES string of the molecule is CC(=O)O[C@@]12CC[C@@H]1C[C@H](O)[C@@]1(C)C(=O)[C@H](O)C3=C(C)[C@@H](OC(=O)[C@H](O)[C@@H](NC(=O)OC(C)(C)C)c4ccccc4)C[C@](O)([C@@H]3C)[C@](C)(O)[C@H]21. The van der Waals surface area contributed by atoms with Crippen LogP contribution in [0.25, 0.3) is 0 Å². The lowest BCUT2D eigenvalue weighted by molar-refractivity contribution is -0.320. The van der Waals surface area contributed by atoms with E-state index in [1.54, 1.807) is 58.0 Å². The number of ether oxygens (including phenoxy) is 3. The zero-order valence-corrected chi connectivity index (χ0v) is 29.9. The average molecular weight is 702 g/mol. The molecule has 2 bridgehead atoms. The Morgan fingerprint density at radius 3 is 2.22 bits per heavy atom. The summed E-state index contributed by atoms with van der Waals surface area (Å²) in [5.41, 5.74) is -8.06. The van der Waals surface area contributed by atoms with Crippen LogP contribution in [0.4, 0.5) is 4.79 Å². The highest BCUT2D eigenvalue weighted by Gasteiger charge is 2.77. The third-order valence-corrected chi connectivity index (χ3v) is 12.0. The first kappa shape index (κ1) is 37.9. The van der Waals surface area contributed by atoms with Crippen molar-refractivity contribution in [1.29, 1.82) is 0 Å². The van der Waals surface area contributed by atoms with Crippen LogP contribution in [0.15, 0.2) is 41.5 Å². The van der Waals surface area contributed by atoms with E-state index in [-0.39, 0.29) is 24.0 Å². The number of rotatable bonds is 6. The van der Waals surface area contributed by atoms with Gasteiger partial charge in [0.1, 0.15) is 29.0 Å². The molecule has 1 aromatic carbocycles. The summed E-state index contributed by atoms with van der Waals surface area (Å²) in [6, 6.07) is 6.90. The Labute approximate surface area is 292 Å². The second-order valence-electron chi connectivity index (χ2n) is 16.1. The topological polar surface area (TPSA) is 209 Å². The molecule has 0 unspecified atom stereocenters. The number of fused-ring (bicyclic) bond motifs is 5. The summed E-state index contributed by atoms with van der Waals surface area (Å²) < 4.78 is 17.1. The number of esters is 2. The van der Waals surface area contributed by atoms with E-state index in [1.807, 2.05) is 0 Å². The van der Waals surface area contributed by atoms with Crippen LogP contribution in [0.5, 0.6) is 0 Å². The first-order valence-electron chi connectivity index (χ1n) is 17.2.